The number of carbonyl (C=O) groups excluding carboxylic acids is 1. The van der Waals surface area contributed by atoms with E-state index in [0.29, 0.717) is 11.3 Å². The molecule has 0 bridgehead atoms. The van der Waals surface area contributed by atoms with Crippen LogP contribution >= 0.6 is 0 Å². The first-order chi connectivity index (χ1) is 8.60. The van der Waals surface area contributed by atoms with E-state index in [1.165, 1.54) is 11.1 Å². The van der Waals surface area contributed by atoms with Crippen LogP contribution in [0, 0.1) is 20.8 Å². The molecule has 0 spiro atoms. The molecule has 0 amide bonds. The summed E-state index contributed by atoms with van der Waals surface area (Å²) in [4.78, 5) is 11.0. The topological polar surface area (TPSA) is 26.3 Å². The third-order valence-corrected chi connectivity index (χ3v) is 3.00. The standard InChI is InChI=1S/C16H16O2/c1-11-4-7-16(14(8-11)10-17)18-15-6-5-12(2)13(3)9-15/h4-10H,1-3H3. The Balaban J connectivity index is 2.33. The van der Waals surface area contributed by atoms with Crippen LogP contribution in [0.1, 0.15) is 27.0 Å². The van der Waals surface area contributed by atoms with Crippen LogP contribution in [0.2, 0.25) is 0 Å². The van der Waals surface area contributed by atoms with E-state index in [4.69, 9.17) is 4.74 Å². The lowest BCUT2D eigenvalue weighted by Crippen LogP contribution is -1.92. The molecule has 0 aromatic heterocycles. The van der Waals surface area contributed by atoms with E-state index in [1.807, 2.05) is 50.2 Å². The number of hydrogen-bond donors (Lipinski definition) is 0. The Morgan fingerprint density at radius 3 is 2.39 bits per heavy atom. The van der Waals surface area contributed by atoms with Gasteiger partial charge in [0.25, 0.3) is 0 Å². The molecule has 2 aromatic rings. The van der Waals surface area contributed by atoms with Crippen LogP contribution in [0.5, 0.6) is 11.5 Å². The van der Waals surface area contributed by atoms with Crippen molar-refractivity contribution in [3.05, 3.63) is 58.7 Å². The quantitative estimate of drug-likeness (QED) is 0.751. The maximum Gasteiger partial charge on any atom is 0.153 e. The van der Waals surface area contributed by atoms with Crippen LogP contribution in [0.25, 0.3) is 0 Å². The second-order valence-electron chi connectivity index (χ2n) is 4.51. The summed E-state index contributed by atoms with van der Waals surface area (Å²) in [5.74, 6) is 1.35. The minimum Gasteiger partial charge on any atom is -0.457 e. The number of rotatable bonds is 3. The van der Waals surface area contributed by atoms with Gasteiger partial charge in [-0.3, -0.25) is 4.79 Å². The molecule has 0 aliphatic rings. The third kappa shape index (κ3) is 2.59. The summed E-state index contributed by atoms with van der Waals surface area (Å²) in [5.41, 5.74) is 4.02. The number of carbonyl (C=O) groups is 1. The van der Waals surface area contributed by atoms with Gasteiger partial charge in [-0.05, 0) is 56.2 Å². The molecule has 0 fully saturated rings. The first-order valence-corrected chi connectivity index (χ1v) is 5.91. The van der Waals surface area contributed by atoms with Gasteiger partial charge < -0.3 is 4.74 Å². The zero-order valence-corrected chi connectivity index (χ0v) is 10.9. The molecule has 92 valence electrons. The SMILES string of the molecule is Cc1ccc(Oc2ccc(C)c(C)c2)c(C=O)c1. The molecule has 0 saturated carbocycles. The van der Waals surface area contributed by atoms with E-state index in [2.05, 4.69) is 6.92 Å². The normalized spacial score (nSPS) is 10.2. The van der Waals surface area contributed by atoms with Crippen molar-refractivity contribution in [3.63, 3.8) is 0 Å². The second-order valence-corrected chi connectivity index (χ2v) is 4.51. The monoisotopic (exact) mass is 240 g/mol. The highest BCUT2D eigenvalue weighted by Gasteiger charge is 2.05. The minimum atomic E-state index is 0.577. The molecule has 0 unspecified atom stereocenters. The van der Waals surface area contributed by atoms with E-state index < -0.39 is 0 Å². The maximum atomic E-state index is 11.0. The lowest BCUT2D eigenvalue weighted by atomic mass is 10.1. The molecule has 2 rings (SSSR count). The summed E-state index contributed by atoms with van der Waals surface area (Å²) in [6.07, 6.45) is 0.823. The largest absolute Gasteiger partial charge is 0.457 e. The fourth-order valence-electron chi connectivity index (χ4n) is 1.76. The highest BCUT2D eigenvalue weighted by atomic mass is 16.5. The Morgan fingerprint density at radius 1 is 0.944 bits per heavy atom. The van der Waals surface area contributed by atoms with E-state index in [9.17, 15) is 4.79 Å². The van der Waals surface area contributed by atoms with Crippen molar-refractivity contribution in [1.82, 2.24) is 0 Å². The predicted molar refractivity (Wildman–Crippen MR) is 72.6 cm³/mol. The summed E-state index contributed by atoms with van der Waals surface area (Å²) in [6.45, 7) is 6.05. The van der Waals surface area contributed by atoms with Crippen LogP contribution in [0.4, 0.5) is 0 Å². The average Bonchev–Trinajstić information content (AvgIpc) is 2.36. The molecular weight excluding hydrogens is 224 g/mol. The van der Waals surface area contributed by atoms with Crippen molar-refractivity contribution in [2.24, 2.45) is 0 Å². The van der Waals surface area contributed by atoms with E-state index in [-0.39, 0.29) is 0 Å². The molecule has 0 aliphatic carbocycles. The lowest BCUT2D eigenvalue weighted by Gasteiger charge is -2.10. The Bertz CT molecular complexity index is 586. The van der Waals surface area contributed by atoms with E-state index >= 15 is 0 Å². The average molecular weight is 240 g/mol. The summed E-state index contributed by atoms with van der Waals surface area (Å²) in [5, 5.41) is 0. The summed E-state index contributed by atoms with van der Waals surface area (Å²) in [7, 11) is 0. The molecule has 2 heteroatoms. The van der Waals surface area contributed by atoms with Crippen molar-refractivity contribution < 1.29 is 9.53 Å². The molecule has 2 nitrogen and oxygen atoms in total. The van der Waals surface area contributed by atoms with Crippen molar-refractivity contribution in [2.75, 3.05) is 0 Å². The van der Waals surface area contributed by atoms with Gasteiger partial charge in [0.2, 0.25) is 0 Å². The molecule has 2 aromatic carbocycles. The molecular formula is C16H16O2. The lowest BCUT2D eigenvalue weighted by molar-refractivity contribution is 0.112. The van der Waals surface area contributed by atoms with Gasteiger partial charge >= 0.3 is 0 Å². The highest BCUT2D eigenvalue weighted by Crippen LogP contribution is 2.26. The maximum absolute atomic E-state index is 11.0. The number of benzene rings is 2. The number of ether oxygens (including phenoxy) is 1. The van der Waals surface area contributed by atoms with Crippen LogP contribution < -0.4 is 4.74 Å². The number of hydrogen-bond acceptors (Lipinski definition) is 2. The zero-order valence-electron chi connectivity index (χ0n) is 10.9. The highest BCUT2D eigenvalue weighted by molar-refractivity contribution is 5.79. The van der Waals surface area contributed by atoms with Gasteiger partial charge in [-0.15, -0.1) is 0 Å². The number of aryl methyl sites for hydroxylation is 3. The first kappa shape index (κ1) is 12.4. The summed E-state index contributed by atoms with van der Waals surface area (Å²) < 4.78 is 5.76. The fraction of sp³-hybridized carbons (Fsp3) is 0.188. The van der Waals surface area contributed by atoms with Gasteiger partial charge in [0.05, 0.1) is 5.56 Å². The smallest absolute Gasteiger partial charge is 0.153 e. The van der Waals surface area contributed by atoms with Crippen LogP contribution in [0.15, 0.2) is 36.4 Å². The van der Waals surface area contributed by atoms with Crippen molar-refractivity contribution in [1.29, 1.82) is 0 Å². The molecule has 0 radical (unpaired) electrons. The molecule has 0 heterocycles. The van der Waals surface area contributed by atoms with Gasteiger partial charge in [-0.1, -0.05) is 17.7 Å². The Labute approximate surface area is 107 Å². The van der Waals surface area contributed by atoms with Crippen molar-refractivity contribution in [3.8, 4) is 11.5 Å². The molecule has 0 atom stereocenters. The molecule has 0 saturated heterocycles. The molecule has 0 N–H and O–H groups in total. The van der Waals surface area contributed by atoms with Gasteiger partial charge in [0.15, 0.2) is 6.29 Å². The van der Waals surface area contributed by atoms with Gasteiger partial charge in [0.1, 0.15) is 11.5 Å². The third-order valence-electron chi connectivity index (χ3n) is 3.00. The first-order valence-electron chi connectivity index (χ1n) is 5.91. The van der Waals surface area contributed by atoms with Crippen molar-refractivity contribution in [2.45, 2.75) is 20.8 Å². The van der Waals surface area contributed by atoms with Gasteiger partial charge in [-0.2, -0.15) is 0 Å². The van der Waals surface area contributed by atoms with Gasteiger partial charge in [-0.25, -0.2) is 0 Å². The predicted octanol–water partition coefficient (Wildman–Crippen LogP) is 4.22. The Kier molecular flexibility index (Phi) is 3.47. The van der Waals surface area contributed by atoms with Crippen LogP contribution in [-0.4, -0.2) is 6.29 Å². The molecule has 18 heavy (non-hydrogen) atoms. The van der Waals surface area contributed by atoms with Crippen LogP contribution in [-0.2, 0) is 0 Å². The Hall–Kier alpha value is -2.09. The fourth-order valence-corrected chi connectivity index (χ4v) is 1.76. The van der Waals surface area contributed by atoms with Crippen molar-refractivity contribution >= 4 is 6.29 Å². The summed E-state index contributed by atoms with van der Waals surface area (Å²) in [6, 6.07) is 11.5. The van der Waals surface area contributed by atoms with Crippen LogP contribution in [0.3, 0.4) is 0 Å². The van der Waals surface area contributed by atoms with E-state index in [1.54, 1.807) is 0 Å². The van der Waals surface area contributed by atoms with Gasteiger partial charge in [0, 0.05) is 0 Å². The summed E-state index contributed by atoms with van der Waals surface area (Å²) >= 11 is 0. The zero-order chi connectivity index (χ0) is 13.1. The second kappa shape index (κ2) is 5.05. The van der Waals surface area contributed by atoms with E-state index in [0.717, 1.165) is 17.6 Å². The Morgan fingerprint density at radius 2 is 1.72 bits per heavy atom. The minimum absolute atomic E-state index is 0.577. The molecule has 0 aliphatic heterocycles. The number of aldehydes is 1.